The molecule has 0 heterocycles. The fraction of sp³-hybridized carbons (Fsp3) is 0.278. The van der Waals surface area contributed by atoms with Gasteiger partial charge in [-0.05, 0) is 49.0 Å². The quantitative estimate of drug-likeness (QED) is 0.706. The third-order valence-corrected chi connectivity index (χ3v) is 4.64. The maximum absolute atomic E-state index is 12.5. The second-order valence-electron chi connectivity index (χ2n) is 5.49. The van der Waals surface area contributed by atoms with Gasteiger partial charge in [-0.1, -0.05) is 48.0 Å². The van der Waals surface area contributed by atoms with E-state index in [0.717, 1.165) is 22.3 Å². The summed E-state index contributed by atoms with van der Waals surface area (Å²) in [5.74, 6) is 0. The lowest BCUT2D eigenvalue weighted by Gasteiger charge is -2.07. The minimum Gasteiger partial charge on any atom is -0.231 e. The van der Waals surface area contributed by atoms with Crippen molar-refractivity contribution in [3.8, 4) is 0 Å². The topological polar surface area (TPSA) is 43.4 Å². The Morgan fingerprint density at radius 2 is 1.59 bits per heavy atom. The smallest absolute Gasteiger partial charge is 0.231 e. The van der Waals surface area contributed by atoms with Gasteiger partial charge in [-0.15, -0.1) is 4.52 Å². The van der Waals surface area contributed by atoms with Crippen molar-refractivity contribution in [2.45, 2.75) is 33.8 Å². The Kier molecular flexibility index (Phi) is 5.23. The lowest BCUT2D eigenvalue weighted by atomic mass is 10.0. The van der Waals surface area contributed by atoms with Crippen molar-refractivity contribution >= 4 is 13.6 Å². The molecule has 0 saturated heterocycles. The highest BCUT2D eigenvalue weighted by atomic mass is 31.1. The molecule has 0 spiro atoms. The molecule has 0 aliphatic heterocycles. The van der Waals surface area contributed by atoms with E-state index >= 15 is 0 Å². The zero-order valence-corrected chi connectivity index (χ0v) is 14.2. The van der Waals surface area contributed by atoms with Crippen molar-refractivity contribution in [3.05, 3.63) is 70.3 Å². The Hall–Kier alpha value is -1.83. The third kappa shape index (κ3) is 3.68. The van der Waals surface area contributed by atoms with Gasteiger partial charge in [-0.2, -0.15) is 0 Å². The van der Waals surface area contributed by atoms with Gasteiger partial charge in [0.05, 0.1) is 5.56 Å². The molecular formula is C18H20O3P+. The Balaban J connectivity index is 2.18. The van der Waals surface area contributed by atoms with E-state index in [-0.39, 0.29) is 6.10 Å². The van der Waals surface area contributed by atoms with Crippen LogP contribution >= 0.6 is 8.03 Å². The zero-order valence-electron chi connectivity index (χ0n) is 13.3. The van der Waals surface area contributed by atoms with Gasteiger partial charge in [0.15, 0.2) is 0 Å². The van der Waals surface area contributed by atoms with Gasteiger partial charge >= 0.3 is 13.6 Å². The summed E-state index contributed by atoms with van der Waals surface area (Å²) in [6, 6.07) is 13.3. The van der Waals surface area contributed by atoms with Crippen molar-refractivity contribution in [2.75, 3.05) is 0 Å². The highest BCUT2D eigenvalue weighted by Crippen LogP contribution is 2.37. The third-order valence-electron chi connectivity index (χ3n) is 3.58. The Morgan fingerprint density at radius 1 is 1.05 bits per heavy atom. The van der Waals surface area contributed by atoms with Crippen LogP contribution in [0.1, 0.15) is 45.6 Å². The Labute approximate surface area is 132 Å². The number of hydrogen-bond donors (Lipinski definition) is 0. The number of benzene rings is 2. The second-order valence-corrected chi connectivity index (χ2v) is 6.63. The zero-order chi connectivity index (χ0) is 16.3. The standard InChI is InChI=1S/C18H20O3P/c1-12-10-13(2)17(14(3)11-12)18(19)22(20)21-15(4)16-8-6-5-7-9-16/h5-11,15H,1-4H3/q+1. The van der Waals surface area contributed by atoms with Crippen LogP contribution in [0.2, 0.25) is 0 Å². The summed E-state index contributed by atoms with van der Waals surface area (Å²) < 4.78 is 17.7. The van der Waals surface area contributed by atoms with Gasteiger partial charge in [-0.3, -0.25) is 0 Å². The number of aryl methyl sites for hydroxylation is 3. The van der Waals surface area contributed by atoms with E-state index in [1.807, 2.05) is 63.2 Å². The molecule has 0 aliphatic carbocycles. The first-order chi connectivity index (χ1) is 10.4. The van der Waals surface area contributed by atoms with E-state index < -0.39 is 13.6 Å². The molecule has 0 aliphatic rings. The summed E-state index contributed by atoms with van der Waals surface area (Å²) in [5.41, 5.74) is 3.72. The van der Waals surface area contributed by atoms with Gasteiger partial charge in [0.1, 0.15) is 6.10 Å². The first-order valence-electron chi connectivity index (χ1n) is 7.21. The van der Waals surface area contributed by atoms with E-state index in [1.165, 1.54) is 0 Å². The van der Waals surface area contributed by atoms with Crippen LogP contribution in [-0.4, -0.2) is 5.52 Å². The highest BCUT2D eigenvalue weighted by molar-refractivity contribution is 7.60. The maximum Gasteiger partial charge on any atom is 0.593 e. The monoisotopic (exact) mass is 315 g/mol. The number of carbonyl (C=O) groups excluding carboxylic acids is 1. The number of carbonyl (C=O) groups is 1. The summed E-state index contributed by atoms with van der Waals surface area (Å²) >= 11 is 0. The lowest BCUT2D eigenvalue weighted by Crippen LogP contribution is -2.04. The minimum absolute atomic E-state index is 0.389. The summed E-state index contributed by atoms with van der Waals surface area (Å²) in [6.45, 7) is 7.49. The summed E-state index contributed by atoms with van der Waals surface area (Å²) in [7, 11) is -2.41. The molecule has 2 unspecified atom stereocenters. The van der Waals surface area contributed by atoms with Crippen LogP contribution in [-0.2, 0) is 9.09 Å². The molecule has 0 amide bonds. The molecule has 22 heavy (non-hydrogen) atoms. The van der Waals surface area contributed by atoms with E-state index in [0.29, 0.717) is 5.56 Å². The van der Waals surface area contributed by atoms with Crippen molar-refractivity contribution in [2.24, 2.45) is 0 Å². The molecular weight excluding hydrogens is 295 g/mol. The van der Waals surface area contributed by atoms with Crippen LogP contribution in [0.3, 0.4) is 0 Å². The highest BCUT2D eigenvalue weighted by Gasteiger charge is 2.37. The first-order valence-corrected chi connectivity index (χ1v) is 8.39. The average molecular weight is 315 g/mol. The van der Waals surface area contributed by atoms with E-state index in [2.05, 4.69) is 0 Å². The van der Waals surface area contributed by atoms with Crippen molar-refractivity contribution in [3.63, 3.8) is 0 Å². The first kappa shape index (κ1) is 16.5. The van der Waals surface area contributed by atoms with Crippen molar-refractivity contribution in [1.82, 2.24) is 0 Å². The molecule has 0 radical (unpaired) electrons. The second kappa shape index (κ2) is 6.95. The minimum atomic E-state index is -2.41. The Bertz CT molecular complexity index is 685. The van der Waals surface area contributed by atoms with Crippen LogP contribution in [0, 0.1) is 20.8 Å². The SMILES string of the molecule is Cc1cc(C)c(C(=O)[P+](=O)OC(C)c2ccccc2)c(C)c1. The molecule has 0 bridgehead atoms. The van der Waals surface area contributed by atoms with E-state index in [1.54, 1.807) is 6.92 Å². The van der Waals surface area contributed by atoms with Gasteiger partial charge < -0.3 is 0 Å². The largest absolute Gasteiger partial charge is 0.593 e. The lowest BCUT2D eigenvalue weighted by molar-refractivity contribution is 0.104. The van der Waals surface area contributed by atoms with Crippen LogP contribution in [0.4, 0.5) is 0 Å². The molecule has 0 N–H and O–H groups in total. The molecule has 0 fully saturated rings. The van der Waals surface area contributed by atoms with Crippen LogP contribution in [0.5, 0.6) is 0 Å². The van der Waals surface area contributed by atoms with Crippen molar-refractivity contribution in [1.29, 1.82) is 0 Å². The maximum atomic E-state index is 12.5. The van der Waals surface area contributed by atoms with Gasteiger partial charge in [0.25, 0.3) is 0 Å². The molecule has 0 saturated carbocycles. The Morgan fingerprint density at radius 3 is 2.14 bits per heavy atom. The number of rotatable bonds is 5. The van der Waals surface area contributed by atoms with Gasteiger partial charge in [0, 0.05) is 0 Å². The van der Waals surface area contributed by atoms with Gasteiger partial charge in [0.2, 0.25) is 0 Å². The molecule has 4 heteroatoms. The van der Waals surface area contributed by atoms with E-state index in [4.69, 9.17) is 4.52 Å². The van der Waals surface area contributed by atoms with Crippen LogP contribution < -0.4 is 0 Å². The summed E-state index contributed by atoms with van der Waals surface area (Å²) in [6.07, 6.45) is -0.389. The fourth-order valence-corrected chi connectivity index (χ4v) is 3.62. The van der Waals surface area contributed by atoms with Crippen molar-refractivity contribution < 1.29 is 13.9 Å². The molecule has 2 aromatic rings. The average Bonchev–Trinajstić information content (AvgIpc) is 2.46. The molecule has 2 rings (SSSR count). The van der Waals surface area contributed by atoms with Crippen LogP contribution in [0.15, 0.2) is 42.5 Å². The van der Waals surface area contributed by atoms with Gasteiger partial charge in [-0.25, -0.2) is 4.79 Å². The van der Waals surface area contributed by atoms with E-state index in [9.17, 15) is 9.36 Å². The summed E-state index contributed by atoms with van der Waals surface area (Å²) in [4.78, 5) is 12.5. The summed E-state index contributed by atoms with van der Waals surface area (Å²) in [5, 5.41) is 0. The molecule has 0 aromatic heterocycles. The predicted molar refractivity (Wildman–Crippen MR) is 88.5 cm³/mol. The normalized spacial score (nSPS) is 12.8. The molecule has 2 atom stereocenters. The molecule has 114 valence electrons. The molecule has 3 nitrogen and oxygen atoms in total. The fourth-order valence-electron chi connectivity index (χ4n) is 2.59. The predicted octanol–water partition coefficient (Wildman–Crippen LogP) is 5.27. The molecule has 2 aromatic carbocycles. The number of hydrogen-bond acceptors (Lipinski definition) is 3. The van der Waals surface area contributed by atoms with Crippen LogP contribution in [0.25, 0.3) is 0 Å².